The number of halogens is 1. The van der Waals surface area contributed by atoms with Gasteiger partial charge in [0.1, 0.15) is 5.75 Å². The molecule has 0 radical (unpaired) electrons. The first-order valence-corrected chi connectivity index (χ1v) is 7.62. The summed E-state index contributed by atoms with van der Waals surface area (Å²) in [5.41, 5.74) is 3.88. The Morgan fingerprint density at radius 1 is 1.59 bits per heavy atom. The van der Waals surface area contributed by atoms with Gasteiger partial charge in [-0.2, -0.15) is 11.8 Å². The molecule has 2 heterocycles. The lowest BCUT2D eigenvalue weighted by atomic mass is 9.97. The first kappa shape index (κ1) is 11.7. The molecule has 1 unspecified atom stereocenters. The average molecular weight is 270 g/mol. The van der Waals surface area contributed by atoms with E-state index in [2.05, 4.69) is 18.3 Å². The summed E-state index contributed by atoms with van der Waals surface area (Å²) in [6, 6.07) is 2.47. The molecule has 0 fully saturated rings. The van der Waals surface area contributed by atoms with Gasteiger partial charge in [-0.05, 0) is 23.7 Å². The molecule has 2 nitrogen and oxygen atoms in total. The summed E-state index contributed by atoms with van der Waals surface area (Å²) in [6.45, 7) is 3.91. The maximum Gasteiger partial charge on any atom is 0.127 e. The Kier molecular flexibility index (Phi) is 3.24. The molecule has 2 aliphatic rings. The molecule has 4 heteroatoms. The summed E-state index contributed by atoms with van der Waals surface area (Å²) < 4.78 is 5.78. The van der Waals surface area contributed by atoms with Crippen LogP contribution >= 0.6 is 23.4 Å². The largest absolute Gasteiger partial charge is 0.493 e. The van der Waals surface area contributed by atoms with Crippen molar-refractivity contribution < 1.29 is 4.74 Å². The maximum atomic E-state index is 6.45. The second-order valence-corrected chi connectivity index (χ2v) is 5.90. The molecule has 1 aromatic carbocycles. The summed E-state index contributed by atoms with van der Waals surface area (Å²) in [5, 5.41) is 4.42. The fourth-order valence-electron chi connectivity index (χ4n) is 2.67. The molecule has 0 aromatic heterocycles. The highest BCUT2D eigenvalue weighted by atomic mass is 35.5. The Morgan fingerprint density at radius 3 is 3.29 bits per heavy atom. The highest BCUT2D eigenvalue weighted by Crippen LogP contribution is 2.44. The second-order valence-electron chi connectivity index (χ2n) is 4.46. The summed E-state index contributed by atoms with van der Waals surface area (Å²) in [6.07, 6.45) is 0.999. The number of rotatable bonds is 2. The molecule has 2 aliphatic heterocycles. The van der Waals surface area contributed by atoms with Crippen molar-refractivity contribution in [2.75, 3.05) is 18.9 Å². The number of fused-ring (bicyclic) bond motifs is 3. The molecule has 0 amide bonds. The van der Waals surface area contributed by atoms with Crippen molar-refractivity contribution in [3.8, 4) is 5.75 Å². The predicted molar refractivity (Wildman–Crippen MR) is 73.2 cm³/mol. The molecular formula is C13H16ClNOS. The number of nitrogens with one attached hydrogen (secondary N) is 1. The lowest BCUT2D eigenvalue weighted by Gasteiger charge is -2.28. The topological polar surface area (TPSA) is 21.3 Å². The normalized spacial score (nSPS) is 21.9. The minimum absolute atomic E-state index is 0.371. The van der Waals surface area contributed by atoms with Crippen molar-refractivity contribution in [1.29, 1.82) is 0 Å². The maximum absolute atomic E-state index is 6.45. The van der Waals surface area contributed by atoms with Crippen molar-refractivity contribution >= 4 is 23.4 Å². The first-order valence-electron chi connectivity index (χ1n) is 6.09. The van der Waals surface area contributed by atoms with Crippen molar-refractivity contribution in [2.24, 2.45) is 0 Å². The predicted octanol–water partition coefficient (Wildman–Crippen LogP) is 3.17. The van der Waals surface area contributed by atoms with Crippen LogP contribution in [-0.2, 0) is 12.2 Å². The highest BCUT2D eigenvalue weighted by molar-refractivity contribution is 7.98. The van der Waals surface area contributed by atoms with Crippen LogP contribution in [0.3, 0.4) is 0 Å². The smallest absolute Gasteiger partial charge is 0.127 e. The van der Waals surface area contributed by atoms with E-state index in [0.717, 1.165) is 41.9 Å². The Labute approximate surface area is 111 Å². The van der Waals surface area contributed by atoms with Gasteiger partial charge in [-0.3, -0.25) is 0 Å². The molecular weight excluding hydrogens is 254 g/mol. The van der Waals surface area contributed by atoms with Gasteiger partial charge in [-0.25, -0.2) is 0 Å². The zero-order valence-corrected chi connectivity index (χ0v) is 11.5. The third kappa shape index (κ3) is 1.94. The third-order valence-electron chi connectivity index (χ3n) is 3.40. The Morgan fingerprint density at radius 2 is 2.47 bits per heavy atom. The van der Waals surface area contributed by atoms with Crippen LogP contribution < -0.4 is 10.1 Å². The molecule has 3 rings (SSSR count). The van der Waals surface area contributed by atoms with Crippen molar-refractivity contribution in [1.82, 2.24) is 5.32 Å². The number of ether oxygens (including phenoxy) is 1. The van der Waals surface area contributed by atoms with Crippen LogP contribution in [0.1, 0.15) is 29.7 Å². The summed E-state index contributed by atoms with van der Waals surface area (Å²) in [7, 11) is 0. The lowest BCUT2D eigenvalue weighted by Crippen LogP contribution is -2.27. The number of hydrogen-bond acceptors (Lipinski definition) is 3. The van der Waals surface area contributed by atoms with Gasteiger partial charge in [0, 0.05) is 34.6 Å². The monoisotopic (exact) mass is 269 g/mol. The molecule has 1 aromatic rings. The Hall–Kier alpha value is -0.380. The van der Waals surface area contributed by atoms with Gasteiger partial charge in [-0.15, -0.1) is 0 Å². The SMILES string of the molecule is CCNC1CSCc2c3c(cc(Cl)c21)CCO3. The van der Waals surface area contributed by atoms with Gasteiger partial charge in [-0.1, -0.05) is 18.5 Å². The molecule has 1 atom stereocenters. The molecule has 0 saturated carbocycles. The van der Waals surface area contributed by atoms with E-state index in [1.807, 2.05) is 11.8 Å². The van der Waals surface area contributed by atoms with Crippen LogP contribution in [0.4, 0.5) is 0 Å². The molecule has 0 bridgehead atoms. The second kappa shape index (κ2) is 4.71. The minimum atomic E-state index is 0.371. The van der Waals surface area contributed by atoms with E-state index < -0.39 is 0 Å². The van der Waals surface area contributed by atoms with Gasteiger partial charge in [0.05, 0.1) is 6.61 Å². The van der Waals surface area contributed by atoms with E-state index in [-0.39, 0.29) is 0 Å². The quantitative estimate of drug-likeness (QED) is 0.891. The van der Waals surface area contributed by atoms with E-state index in [0.29, 0.717) is 6.04 Å². The van der Waals surface area contributed by atoms with Crippen molar-refractivity contribution in [2.45, 2.75) is 25.1 Å². The van der Waals surface area contributed by atoms with E-state index in [1.54, 1.807) is 0 Å². The fourth-order valence-corrected chi connectivity index (χ4v) is 4.18. The van der Waals surface area contributed by atoms with Gasteiger partial charge >= 0.3 is 0 Å². The fraction of sp³-hybridized carbons (Fsp3) is 0.538. The number of thioether (sulfide) groups is 1. The Bertz CT molecular complexity index is 450. The van der Waals surface area contributed by atoms with E-state index in [1.165, 1.54) is 16.7 Å². The summed E-state index contributed by atoms with van der Waals surface area (Å²) in [4.78, 5) is 0. The summed E-state index contributed by atoms with van der Waals surface area (Å²) >= 11 is 8.41. The van der Waals surface area contributed by atoms with E-state index >= 15 is 0 Å². The standard InChI is InChI=1S/C13H16ClNOS/c1-2-15-11-7-17-6-9-12(11)10(14)5-8-3-4-16-13(8)9/h5,11,15H,2-4,6-7H2,1H3. The van der Waals surface area contributed by atoms with Crippen LogP contribution in [0.2, 0.25) is 5.02 Å². The van der Waals surface area contributed by atoms with Crippen LogP contribution in [-0.4, -0.2) is 18.9 Å². The van der Waals surface area contributed by atoms with Crippen LogP contribution in [0.15, 0.2) is 6.07 Å². The van der Waals surface area contributed by atoms with Crippen molar-refractivity contribution in [3.63, 3.8) is 0 Å². The average Bonchev–Trinajstić information content (AvgIpc) is 2.78. The molecule has 0 spiro atoms. The Balaban J connectivity index is 2.11. The zero-order chi connectivity index (χ0) is 11.8. The van der Waals surface area contributed by atoms with Gasteiger partial charge in [0.25, 0.3) is 0 Å². The molecule has 92 valence electrons. The third-order valence-corrected chi connectivity index (χ3v) is 4.77. The van der Waals surface area contributed by atoms with Gasteiger partial charge in [0.2, 0.25) is 0 Å². The van der Waals surface area contributed by atoms with Crippen LogP contribution in [0, 0.1) is 0 Å². The van der Waals surface area contributed by atoms with Gasteiger partial charge in [0.15, 0.2) is 0 Å². The van der Waals surface area contributed by atoms with E-state index in [4.69, 9.17) is 16.3 Å². The van der Waals surface area contributed by atoms with Crippen LogP contribution in [0.25, 0.3) is 0 Å². The first-order chi connectivity index (χ1) is 8.31. The lowest BCUT2D eigenvalue weighted by molar-refractivity contribution is 0.353. The molecule has 0 saturated heterocycles. The molecule has 1 N–H and O–H groups in total. The van der Waals surface area contributed by atoms with E-state index in [9.17, 15) is 0 Å². The highest BCUT2D eigenvalue weighted by Gasteiger charge is 2.29. The molecule has 0 aliphatic carbocycles. The summed E-state index contributed by atoms with van der Waals surface area (Å²) in [5.74, 6) is 3.24. The van der Waals surface area contributed by atoms with Gasteiger partial charge < -0.3 is 10.1 Å². The molecule has 17 heavy (non-hydrogen) atoms. The zero-order valence-electron chi connectivity index (χ0n) is 9.88. The van der Waals surface area contributed by atoms with Crippen molar-refractivity contribution in [3.05, 3.63) is 27.8 Å². The minimum Gasteiger partial charge on any atom is -0.493 e. The van der Waals surface area contributed by atoms with Crippen LogP contribution in [0.5, 0.6) is 5.75 Å². The number of benzene rings is 1. The number of hydrogen-bond donors (Lipinski definition) is 1.